The van der Waals surface area contributed by atoms with Crippen LogP contribution in [0.5, 0.6) is 0 Å². The van der Waals surface area contributed by atoms with Crippen LogP contribution in [0.3, 0.4) is 0 Å². The fraction of sp³-hybridized carbons (Fsp3) is 0.167. The first-order valence-electron chi connectivity index (χ1n) is 7.37. The molecule has 0 atom stereocenters. The molecule has 2 rings (SSSR count). The van der Waals surface area contributed by atoms with Gasteiger partial charge in [-0.2, -0.15) is 0 Å². The molecule has 2 aromatic rings. The van der Waals surface area contributed by atoms with Crippen molar-refractivity contribution >= 4 is 27.7 Å². The number of carbonyl (C=O) groups is 1. The van der Waals surface area contributed by atoms with Crippen LogP contribution in [0.1, 0.15) is 21.5 Å². The topological polar surface area (TPSA) is 66.5 Å². The zero-order valence-corrected chi connectivity index (χ0v) is 14.7. The smallest absolute Gasteiger partial charge is 0.255 e. The average Bonchev–Trinajstić information content (AvgIpc) is 2.55. The molecule has 0 radical (unpaired) electrons. The van der Waals surface area contributed by atoms with Gasteiger partial charge in [0.15, 0.2) is 0 Å². The molecule has 0 saturated heterocycles. The van der Waals surface area contributed by atoms with E-state index in [2.05, 4.69) is 4.72 Å². The Morgan fingerprint density at radius 3 is 2.38 bits per heavy atom. The van der Waals surface area contributed by atoms with Crippen LogP contribution in [0.2, 0.25) is 0 Å². The molecule has 0 aromatic heterocycles. The van der Waals surface area contributed by atoms with E-state index in [9.17, 15) is 13.2 Å². The molecule has 0 heterocycles. The number of benzene rings is 2. The van der Waals surface area contributed by atoms with Crippen molar-refractivity contribution in [2.75, 3.05) is 18.8 Å². The highest BCUT2D eigenvalue weighted by Crippen LogP contribution is 2.20. The van der Waals surface area contributed by atoms with Crippen molar-refractivity contribution in [3.8, 4) is 0 Å². The minimum atomic E-state index is -3.67. The van der Waals surface area contributed by atoms with Crippen molar-refractivity contribution in [2.45, 2.75) is 6.92 Å². The van der Waals surface area contributed by atoms with Crippen LogP contribution in [0, 0.1) is 6.92 Å². The lowest BCUT2D eigenvalue weighted by molar-refractivity contribution is 0.0827. The summed E-state index contributed by atoms with van der Waals surface area (Å²) in [5, 5.41) is 1.11. The summed E-state index contributed by atoms with van der Waals surface area (Å²) >= 11 is 0. The number of hydrogen-bond donors (Lipinski definition) is 1. The van der Waals surface area contributed by atoms with E-state index >= 15 is 0 Å². The Bertz CT molecular complexity index is 857. The Labute approximate surface area is 142 Å². The maximum atomic E-state index is 12.2. The Balaban J connectivity index is 2.24. The van der Waals surface area contributed by atoms with Crippen molar-refractivity contribution in [3.63, 3.8) is 0 Å². The first kappa shape index (κ1) is 17.7. The molecule has 0 fully saturated rings. The standard InChI is InChI=1S/C18H20N2O3S/c1-14-9-10-16(18(21)20(2)3)13-17(14)19-24(22,23)12-11-15-7-5-4-6-8-15/h4-13,19H,1-3H3/b12-11-. The molecule has 0 bridgehead atoms. The second-order valence-electron chi connectivity index (χ2n) is 5.59. The lowest BCUT2D eigenvalue weighted by atomic mass is 10.1. The number of anilines is 1. The molecular weight excluding hydrogens is 324 g/mol. The van der Waals surface area contributed by atoms with Crippen LogP contribution in [0.4, 0.5) is 5.69 Å². The van der Waals surface area contributed by atoms with Gasteiger partial charge in [0.25, 0.3) is 15.9 Å². The number of nitrogens with zero attached hydrogens (tertiary/aromatic N) is 1. The van der Waals surface area contributed by atoms with E-state index in [4.69, 9.17) is 0 Å². The zero-order valence-electron chi connectivity index (χ0n) is 13.9. The molecule has 0 spiro atoms. The highest BCUT2D eigenvalue weighted by Gasteiger charge is 2.13. The summed E-state index contributed by atoms with van der Waals surface area (Å²) in [4.78, 5) is 13.5. The number of hydrogen-bond acceptors (Lipinski definition) is 3. The van der Waals surface area contributed by atoms with Gasteiger partial charge >= 0.3 is 0 Å². The maximum Gasteiger partial charge on any atom is 0.255 e. The minimum Gasteiger partial charge on any atom is -0.345 e. The highest BCUT2D eigenvalue weighted by molar-refractivity contribution is 7.95. The Hall–Kier alpha value is -2.60. The predicted octanol–water partition coefficient (Wildman–Crippen LogP) is 3.11. The second kappa shape index (κ2) is 7.31. The van der Waals surface area contributed by atoms with Gasteiger partial charge in [-0.25, -0.2) is 8.42 Å². The van der Waals surface area contributed by atoms with Gasteiger partial charge in [0.2, 0.25) is 0 Å². The van der Waals surface area contributed by atoms with Crippen LogP contribution in [0.15, 0.2) is 53.9 Å². The molecule has 24 heavy (non-hydrogen) atoms. The monoisotopic (exact) mass is 344 g/mol. The number of sulfonamides is 1. The van der Waals surface area contributed by atoms with Gasteiger partial charge in [-0.05, 0) is 36.3 Å². The predicted molar refractivity (Wildman–Crippen MR) is 97.2 cm³/mol. The van der Waals surface area contributed by atoms with Crippen LogP contribution in [-0.4, -0.2) is 33.3 Å². The molecule has 1 N–H and O–H groups in total. The van der Waals surface area contributed by atoms with E-state index in [0.717, 1.165) is 16.5 Å². The lowest BCUT2D eigenvalue weighted by Crippen LogP contribution is -2.22. The number of nitrogens with one attached hydrogen (secondary N) is 1. The summed E-state index contributed by atoms with van der Waals surface area (Å²) in [6.07, 6.45) is 1.52. The van der Waals surface area contributed by atoms with Crippen LogP contribution in [-0.2, 0) is 10.0 Å². The fourth-order valence-electron chi connectivity index (χ4n) is 2.04. The first-order valence-corrected chi connectivity index (χ1v) is 8.91. The van der Waals surface area contributed by atoms with E-state index in [1.807, 2.05) is 30.3 Å². The van der Waals surface area contributed by atoms with Gasteiger partial charge in [-0.1, -0.05) is 36.4 Å². The molecule has 0 aliphatic heterocycles. The zero-order chi connectivity index (χ0) is 17.7. The lowest BCUT2D eigenvalue weighted by Gasteiger charge is -2.13. The summed E-state index contributed by atoms with van der Waals surface area (Å²) in [5.41, 5.74) is 2.34. The van der Waals surface area contributed by atoms with Crippen molar-refractivity contribution in [3.05, 3.63) is 70.6 Å². The molecule has 0 aliphatic rings. The third-order valence-corrected chi connectivity index (χ3v) is 4.38. The van der Waals surface area contributed by atoms with Gasteiger partial charge in [0.1, 0.15) is 0 Å². The summed E-state index contributed by atoms with van der Waals surface area (Å²) in [6.45, 7) is 1.78. The van der Waals surface area contributed by atoms with E-state index in [1.165, 1.54) is 11.0 Å². The van der Waals surface area contributed by atoms with Crippen molar-refractivity contribution in [1.82, 2.24) is 4.90 Å². The SMILES string of the molecule is Cc1ccc(C(=O)N(C)C)cc1NS(=O)(=O)/C=C\c1ccccc1. The third-order valence-electron chi connectivity index (χ3n) is 3.38. The Morgan fingerprint density at radius 2 is 1.75 bits per heavy atom. The molecule has 126 valence electrons. The number of aryl methyl sites for hydroxylation is 1. The molecule has 1 amide bonds. The molecule has 5 nitrogen and oxygen atoms in total. The van der Waals surface area contributed by atoms with Crippen molar-refractivity contribution in [2.24, 2.45) is 0 Å². The van der Waals surface area contributed by atoms with Gasteiger partial charge < -0.3 is 4.90 Å². The largest absolute Gasteiger partial charge is 0.345 e. The minimum absolute atomic E-state index is 0.185. The molecular formula is C18H20N2O3S. The molecule has 6 heteroatoms. The van der Waals surface area contributed by atoms with Gasteiger partial charge in [0.05, 0.1) is 11.1 Å². The second-order valence-corrected chi connectivity index (χ2v) is 7.16. The van der Waals surface area contributed by atoms with Crippen molar-refractivity contribution in [1.29, 1.82) is 0 Å². The number of carbonyl (C=O) groups excluding carboxylic acids is 1. The summed E-state index contributed by atoms with van der Waals surface area (Å²) in [6, 6.07) is 14.1. The third kappa shape index (κ3) is 4.70. The molecule has 2 aromatic carbocycles. The summed E-state index contributed by atoms with van der Waals surface area (Å²) < 4.78 is 27.0. The summed E-state index contributed by atoms with van der Waals surface area (Å²) in [7, 11) is -0.379. The van der Waals surface area contributed by atoms with E-state index in [-0.39, 0.29) is 5.91 Å². The van der Waals surface area contributed by atoms with Crippen LogP contribution < -0.4 is 4.72 Å². The van der Waals surface area contributed by atoms with Crippen LogP contribution >= 0.6 is 0 Å². The average molecular weight is 344 g/mol. The Morgan fingerprint density at radius 1 is 1.08 bits per heavy atom. The molecule has 0 saturated carbocycles. The van der Waals surface area contributed by atoms with E-state index in [1.54, 1.807) is 39.2 Å². The van der Waals surface area contributed by atoms with Gasteiger partial charge in [-0.15, -0.1) is 0 Å². The highest BCUT2D eigenvalue weighted by atomic mass is 32.2. The van der Waals surface area contributed by atoms with Gasteiger partial charge in [-0.3, -0.25) is 9.52 Å². The number of amides is 1. The van der Waals surface area contributed by atoms with E-state index in [0.29, 0.717) is 11.3 Å². The maximum absolute atomic E-state index is 12.2. The first-order chi connectivity index (χ1) is 11.3. The van der Waals surface area contributed by atoms with Crippen LogP contribution in [0.25, 0.3) is 6.08 Å². The van der Waals surface area contributed by atoms with Crippen molar-refractivity contribution < 1.29 is 13.2 Å². The van der Waals surface area contributed by atoms with Gasteiger partial charge in [0, 0.05) is 19.7 Å². The number of rotatable bonds is 5. The quantitative estimate of drug-likeness (QED) is 0.906. The molecule has 0 unspecified atom stereocenters. The normalized spacial score (nSPS) is 11.5. The Kier molecular flexibility index (Phi) is 5.41. The fourth-order valence-corrected chi connectivity index (χ4v) is 2.97. The van der Waals surface area contributed by atoms with E-state index < -0.39 is 10.0 Å². The summed E-state index contributed by atoms with van der Waals surface area (Å²) in [5.74, 6) is -0.185. The molecule has 0 aliphatic carbocycles.